The SMILES string of the molecule is O=CNC1N=Cc2c(-c3ccccc3)cccc2N(CC(=O)O)C1=O. The van der Waals surface area contributed by atoms with Gasteiger partial charge in [-0.3, -0.25) is 24.3 Å². The van der Waals surface area contributed by atoms with Gasteiger partial charge in [-0.2, -0.15) is 0 Å². The third-order valence-corrected chi connectivity index (χ3v) is 3.83. The van der Waals surface area contributed by atoms with Crippen molar-refractivity contribution in [2.75, 3.05) is 11.4 Å². The number of aliphatic imine (C=N–C) groups is 1. The molecular formula is C18H15N3O4. The predicted octanol–water partition coefficient (Wildman–Crippen LogP) is 1.28. The van der Waals surface area contributed by atoms with E-state index in [1.807, 2.05) is 36.4 Å². The van der Waals surface area contributed by atoms with Crippen LogP contribution in [0, 0.1) is 0 Å². The molecule has 2 aromatic carbocycles. The zero-order chi connectivity index (χ0) is 17.8. The van der Waals surface area contributed by atoms with Crippen LogP contribution in [0.3, 0.4) is 0 Å². The van der Waals surface area contributed by atoms with Gasteiger partial charge in [0.25, 0.3) is 5.91 Å². The highest BCUT2D eigenvalue weighted by Gasteiger charge is 2.30. The molecular weight excluding hydrogens is 322 g/mol. The third kappa shape index (κ3) is 3.25. The van der Waals surface area contributed by atoms with Crippen molar-refractivity contribution < 1.29 is 19.5 Å². The number of nitrogens with zero attached hydrogens (tertiary/aromatic N) is 2. The van der Waals surface area contributed by atoms with Crippen molar-refractivity contribution >= 4 is 30.2 Å². The van der Waals surface area contributed by atoms with Gasteiger partial charge < -0.3 is 10.4 Å². The highest BCUT2D eigenvalue weighted by Crippen LogP contribution is 2.32. The van der Waals surface area contributed by atoms with Crippen molar-refractivity contribution in [3.63, 3.8) is 0 Å². The van der Waals surface area contributed by atoms with Crippen LogP contribution in [0.1, 0.15) is 5.56 Å². The van der Waals surface area contributed by atoms with Gasteiger partial charge in [-0.1, -0.05) is 42.5 Å². The molecule has 0 aromatic heterocycles. The molecule has 0 aliphatic carbocycles. The Labute approximate surface area is 143 Å². The zero-order valence-corrected chi connectivity index (χ0v) is 13.1. The number of anilines is 1. The van der Waals surface area contributed by atoms with Crippen LogP contribution in [0.15, 0.2) is 53.5 Å². The summed E-state index contributed by atoms with van der Waals surface area (Å²) in [5, 5.41) is 11.5. The third-order valence-electron chi connectivity index (χ3n) is 3.83. The summed E-state index contributed by atoms with van der Waals surface area (Å²) < 4.78 is 0. The van der Waals surface area contributed by atoms with E-state index in [0.717, 1.165) is 16.0 Å². The second kappa shape index (κ2) is 6.96. The van der Waals surface area contributed by atoms with Crippen molar-refractivity contribution in [3.8, 4) is 11.1 Å². The Kier molecular flexibility index (Phi) is 4.56. The molecule has 2 amide bonds. The number of aliphatic carboxylic acids is 1. The largest absolute Gasteiger partial charge is 0.480 e. The predicted molar refractivity (Wildman–Crippen MR) is 92.4 cm³/mol. The Morgan fingerprint density at radius 2 is 1.96 bits per heavy atom. The number of carbonyl (C=O) groups is 3. The number of hydrogen-bond acceptors (Lipinski definition) is 4. The summed E-state index contributed by atoms with van der Waals surface area (Å²) in [6, 6.07) is 14.8. The maximum absolute atomic E-state index is 12.6. The lowest BCUT2D eigenvalue weighted by molar-refractivity contribution is -0.136. The van der Waals surface area contributed by atoms with E-state index in [1.54, 1.807) is 12.1 Å². The van der Waals surface area contributed by atoms with Crippen LogP contribution in [0.4, 0.5) is 5.69 Å². The van der Waals surface area contributed by atoms with Gasteiger partial charge in [0.1, 0.15) is 6.54 Å². The van der Waals surface area contributed by atoms with E-state index in [4.69, 9.17) is 0 Å². The molecule has 0 spiro atoms. The average molecular weight is 337 g/mol. The van der Waals surface area contributed by atoms with Gasteiger partial charge in [0, 0.05) is 11.8 Å². The van der Waals surface area contributed by atoms with E-state index in [0.29, 0.717) is 17.7 Å². The molecule has 7 nitrogen and oxygen atoms in total. The molecule has 1 aliphatic heterocycles. The Morgan fingerprint density at radius 3 is 2.64 bits per heavy atom. The molecule has 25 heavy (non-hydrogen) atoms. The number of nitrogens with one attached hydrogen (secondary N) is 1. The monoisotopic (exact) mass is 337 g/mol. The number of benzene rings is 2. The summed E-state index contributed by atoms with van der Waals surface area (Å²) in [7, 11) is 0. The van der Waals surface area contributed by atoms with Crippen LogP contribution >= 0.6 is 0 Å². The first-order valence-electron chi connectivity index (χ1n) is 7.56. The van der Waals surface area contributed by atoms with E-state index in [1.165, 1.54) is 6.21 Å². The summed E-state index contributed by atoms with van der Waals surface area (Å²) >= 11 is 0. The Hall–Kier alpha value is -3.48. The molecule has 2 N–H and O–H groups in total. The molecule has 7 heteroatoms. The minimum absolute atomic E-state index is 0.368. The Balaban J connectivity index is 2.17. The first kappa shape index (κ1) is 16.4. The first-order valence-corrected chi connectivity index (χ1v) is 7.56. The van der Waals surface area contributed by atoms with Gasteiger partial charge in [0.15, 0.2) is 0 Å². The van der Waals surface area contributed by atoms with Crippen LogP contribution in [-0.2, 0) is 14.4 Å². The van der Waals surface area contributed by atoms with Gasteiger partial charge >= 0.3 is 5.97 Å². The Bertz CT molecular complexity index is 849. The molecule has 0 saturated heterocycles. The van der Waals surface area contributed by atoms with Gasteiger partial charge in [0.05, 0.1) is 5.69 Å². The molecule has 1 unspecified atom stereocenters. The van der Waals surface area contributed by atoms with Gasteiger partial charge in [-0.05, 0) is 17.2 Å². The molecule has 1 atom stereocenters. The second-order valence-electron chi connectivity index (χ2n) is 5.39. The molecule has 1 aliphatic rings. The van der Waals surface area contributed by atoms with E-state index >= 15 is 0 Å². The van der Waals surface area contributed by atoms with E-state index in [9.17, 15) is 19.5 Å². The smallest absolute Gasteiger partial charge is 0.323 e. The molecule has 0 saturated carbocycles. The van der Waals surface area contributed by atoms with Crippen molar-refractivity contribution in [1.82, 2.24) is 5.32 Å². The van der Waals surface area contributed by atoms with Crippen LogP contribution in [-0.4, -0.2) is 42.3 Å². The normalized spacial score (nSPS) is 16.1. The fourth-order valence-electron chi connectivity index (χ4n) is 2.75. The molecule has 1 heterocycles. The number of carboxylic acids is 1. The summed E-state index contributed by atoms with van der Waals surface area (Å²) in [5.74, 6) is -1.76. The summed E-state index contributed by atoms with van der Waals surface area (Å²) in [6.45, 7) is -0.523. The topological polar surface area (TPSA) is 99.1 Å². The minimum Gasteiger partial charge on any atom is -0.480 e. The molecule has 0 fully saturated rings. The number of benzodiazepines with no additional fused rings is 1. The van der Waals surface area contributed by atoms with E-state index in [-0.39, 0.29) is 0 Å². The Morgan fingerprint density at radius 1 is 1.20 bits per heavy atom. The summed E-state index contributed by atoms with van der Waals surface area (Å²) in [4.78, 5) is 39.8. The van der Waals surface area contributed by atoms with Crippen LogP contribution in [0.5, 0.6) is 0 Å². The van der Waals surface area contributed by atoms with Gasteiger partial charge in [0.2, 0.25) is 12.6 Å². The summed E-state index contributed by atoms with van der Waals surface area (Å²) in [6.07, 6.45) is 0.707. The first-order chi connectivity index (χ1) is 12.1. The van der Waals surface area contributed by atoms with Gasteiger partial charge in [-0.15, -0.1) is 0 Å². The van der Waals surface area contributed by atoms with Crippen molar-refractivity contribution in [2.45, 2.75) is 6.17 Å². The number of carbonyl (C=O) groups excluding carboxylic acids is 2. The van der Waals surface area contributed by atoms with E-state index in [2.05, 4.69) is 10.3 Å². The quantitative estimate of drug-likeness (QED) is 0.803. The van der Waals surface area contributed by atoms with Crippen LogP contribution in [0.25, 0.3) is 11.1 Å². The number of rotatable bonds is 5. The highest BCUT2D eigenvalue weighted by atomic mass is 16.4. The molecule has 126 valence electrons. The van der Waals surface area contributed by atoms with E-state index < -0.39 is 24.6 Å². The van der Waals surface area contributed by atoms with Crippen LogP contribution in [0.2, 0.25) is 0 Å². The molecule has 2 aromatic rings. The fraction of sp³-hybridized carbons (Fsp3) is 0.111. The maximum Gasteiger partial charge on any atom is 0.323 e. The number of fused-ring (bicyclic) bond motifs is 1. The highest BCUT2D eigenvalue weighted by molar-refractivity contribution is 6.10. The fourth-order valence-corrected chi connectivity index (χ4v) is 2.75. The number of hydrogen-bond donors (Lipinski definition) is 2. The van der Waals surface area contributed by atoms with Gasteiger partial charge in [-0.25, -0.2) is 0 Å². The summed E-state index contributed by atoms with van der Waals surface area (Å²) in [5.41, 5.74) is 2.79. The lowest BCUT2D eigenvalue weighted by Gasteiger charge is -2.23. The van der Waals surface area contributed by atoms with Crippen LogP contribution < -0.4 is 10.2 Å². The van der Waals surface area contributed by atoms with Crippen molar-refractivity contribution in [1.29, 1.82) is 0 Å². The maximum atomic E-state index is 12.6. The van der Waals surface area contributed by atoms with Crippen molar-refractivity contribution in [2.24, 2.45) is 4.99 Å². The molecule has 3 rings (SSSR count). The number of carboxylic acid groups (broad SMARTS) is 1. The molecule has 0 radical (unpaired) electrons. The standard InChI is InChI=1S/C18H15N3O4/c22-11-20-17-18(25)21(10-16(23)24)15-8-4-7-13(14(15)9-19-17)12-5-2-1-3-6-12/h1-9,11,17H,10H2,(H,20,22)(H,23,24). The second-order valence-corrected chi connectivity index (χ2v) is 5.39. The van der Waals surface area contributed by atoms with Crippen molar-refractivity contribution in [3.05, 3.63) is 54.1 Å². The number of amides is 2. The zero-order valence-electron chi connectivity index (χ0n) is 13.1. The lowest BCUT2D eigenvalue weighted by atomic mass is 9.98. The lowest BCUT2D eigenvalue weighted by Crippen LogP contribution is -2.46. The molecule has 0 bridgehead atoms. The average Bonchev–Trinajstić information content (AvgIpc) is 2.74. The minimum atomic E-state index is -1.16.